The number of esters is 1. The first-order valence-electron chi connectivity index (χ1n) is 6.38. The van der Waals surface area contributed by atoms with Gasteiger partial charge in [-0.25, -0.2) is 9.78 Å². The van der Waals surface area contributed by atoms with Gasteiger partial charge in [0.05, 0.1) is 17.1 Å². The fourth-order valence-electron chi connectivity index (χ4n) is 2.12. The molecule has 0 saturated heterocycles. The molecule has 0 fully saturated rings. The molecule has 0 saturated carbocycles. The first-order chi connectivity index (χ1) is 10.2. The fraction of sp³-hybridized carbons (Fsp3) is 0.125. The summed E-state index contributed by atoms with van der Waals surface area (Å²) in [5.74, 6) is 0.212. The molecular formula is C16H12BrNO3. The van der Waals surface area contributed by atoms with Crippen molar-refractivity contribution in [2.24, 2.45) is 0 Å². The second kappa shape index (κ2) is 5.69. The molecular weight excluding hydrogens is 334 g/mol. The van der Waals surface area contributed by atoms with Gasteiger partial charge in [-0.05, 0) is 33.6 Å². The number of fused-ring (bicyclic) bond motifs is 1. The summed E-state index contributed by atoms with van der Waals surface area (Å²) >= 11 is 3.40. The second-order valence-electron chi connectivity index (χ2n) is 4.57. The van der Waals surface area contributed by atoms with Crippen molar-refractivity contribution in [3.05, 3.63) is 64.0 Å². The number of hydrogen-bond acceptors (Lipinski definition) is 4. The summed E-state index contributed by atoms with van der Waals surface area (Å²) in [6, 6.07) is 13.3. The molecule has 1 aromatic heterocycles. The molecule has 3 rings (SSSR count). The smallest absolute Gasteiger partial charge is 0.337 e. The Morgan fingerprint density at radius 3 is 2.76 bits per heavy atom. The summed E-state index contributed by atoms with van der Waals surface area (Å²) in [6.45, 7) is 0. The Morgan fingerprint density at radius 2 is 2.05 bits per heavy atom. The maximum absolute atomic E-state index is 11.6. The predicted octanol–water partition coefficient (Wildman–Crippen LogP) is 3.97. The third-order valence-corrected chi connectivity index (χ3v) is 3.70. The van der Waals surface area contributed by atoms with Crippen LogP contribution < -0.4 is 0 Å². The summed E-state index contributed by atoms with van der Waals surface area (Å²) in [7, 11) is 1.35. The van der Waals surface area contributed by atoms with Crippen LogP contribution in [0.5, 0.6) is 0 Å². The van der Waals surface area contributed by atoms with Crippen molar-refractivity contribution in [3.63, 3.8) is 0 Å². The van der Waals surface area contributed by atoms with Gasteiger partial charge in [0, 0.05) is 6.42 Å². The molecule has 0 N–H and O–H groups in total. The molecule has 2 aromatic carbocycles. The Labute approximate surface area is 129 Å². The van der Waals surface area contributed by atoms with Crippen molar-refractivity contribution < 1.29 is 13.9 Å². The van der Waals surface area contributed by atoms with Gasteiger partial charge in [0.15, 0.2) is 11.5 Å². The number of hydrogen-bond donors (Lipinski definition) is 0. The summed E-state index contributed by atoms with van der Waals surface area (Å²) in [5.41, 5.74) is 2.83. The second-order valence-corrected chi connectivity index (χ2v) is 5.42. The number of rotatable bonds is 3. The van der Waals surface area contributed by atoms with Crippen LogP contribution in [0.1, 0.15) is 21.8 Å². The van der Waals surface area contributed by atoms with Crippen LogP contribution in [0.2, 0.25) is 0 Å². The van der Waals surface area contributed by atoms with Crippen molar-refractivity contribution >= 4 is 33.0 Å². The third kappa shape index (κ3) is 2.83. The van der Waals surface area contributed by atoms with Crippen molar-refractivity contribution in [3.8, 4) is 0 Å². The molecule has 106 valence electrons. The summed E-state index contributed by atoms with van der Waals surface area (Å²) in [5, 5.41) is 0. The quantitative estimate of drug-likeness (QED) is 0.674. The number of aromatic nitrogens is 1. The molecule has 1 heterocycles. The first kappa shape index (κ1) is 13.8. The maximum Gasteiger partial charge on any atom is 0.337 e. The number of oxazole rings is 1. The minimum Gasteiger partial charge on any atom is -0.465 e. The van der Waals surface area contributed by atoms with Gasteiger partial charge in [-0.1, -0.05) is 30.3 Å². The largest absolute Gasteiger partial charge is 0.465 e. The predicted molar refractivity (Wildman–Crippen MR) is 82.3 cm³/mol. The molecule has 0 aliphatic heterocycles. The third-order valence-electron chi connectivity index (χ3n) is 3.11. The van der Waals surface area contributed by atoms with Gasteiger partial charge in [-0.2, -0.15) is 0 Å². The van der Waals surface area contributed by atoms with Gasteiger partial charge in [-0.3, -0.25) is 0 Å². The van der Waals surface area contributed by atoms with E-state index >= 15 is 0 Å². The van der Waals surface area contributed by atoms with E-state index in [4.69, 9.17) is 9.15 Å². The minimum absolute atomic E-state index is 0.398. The number of methoxy groups -OCH3 is 1. The van der Waals surface area contributed by atoms with Crippen molar-refractivity contribution in [2.75, 3.05) is 7.11 Å². The average Bonchev–Trinajstić information content (AvgIpc) is 2.90. The van der Waals surface area contributed by atoms with Gasteiger partial charge < -0.3 is 9.15 Å². The molecule has 5 heteroatoms. The number of benzene rings is 2. The summed E-state index contributed by atoms with van der Waals surface area (Å²) in [6.07, 6.45) is 0.607. The Bertz CT molecular complexity index is 796. The van der Waals surface area contributed by atoms with Crippen LogP contribution in [0, 0.1) is 0 Å². The van der Waals surface area contributed by atoms with E-state index < -0.39 is 5.97 Å². The summed E-state index contributed by atoms with van der Waals surface area (Å²) in [4.78, 5) is 16.0. The van der Waals surface area contributed by atoms with E-state index in [1.165, 1.54) is 7.11 Å². The highest BCUT2D eigenvalue weighted by atomic mass is 79.9. The lowest BCUT2D eigenvalue weighted by Crippen LogP contribution is -2.00. The Kier molecular flexibility index (Phi) is 3.75. The Balaban J connectivity index is 2.00. The lowest BCUT2D eigenvalue weighted by atomic mass is 10.1. The van der Waals surface area contributed by atoms with E-state index in [0.29, 0.717) is 33.4 Å². The van der Waals surface area contributed by atoms with Crippen LogP contribution in [0.15, 0.2) is 51.4 Å². The van der Waals surface area contributed by atoms with E-state index in [1.54, 1.807) is 12.1 Å². The standard InChI is InChI=1S/C16H12BrNO3/c1-20-16(19)11-8-12(17)15-13(9-11)18-14(21-15)7-10-5-3-2-4-6-10/h2-6,8-9H,7H2,1H3. The van der Waals surface area contributed by atoms with E-state index in [9.17, 15) is 4.79 Å². The van der Waals surface area contributed by atoms with Crippen LogP contribution in [-0.4, -0.2) is 18.1 Å². The van der Waals surface area contributed by atoms with Gasteiger partial charge in [0.1, 0.15) is 5.52 Å². The molecule has 0 bridgehead atoms. The molecule has 0 radical (unpaired) electrons. The molecule has 0 aliphatic carbocycles. The normalized spacial score (nSPS) is 10.8. The molecule has 0 unspecified atom stereocenters. The van der Waals surface area contributed by atoms with Crippen LogP contribution in [0.4, 0.5) is 0 Å². The monoisotopic (exact) mass is 345 g/mol. The highest BCUT2D eigenvalue weighted by molar-refractivity contribution is 9.10. The molecule has 21 heavy (non-hydrogen) atoms. The number of carbonyl (C=O) groups is 1. The van der Waals surface area contributed by atoms with Crippen LogP contribution in [0.3, 0.4) is 0 Å². The van der Waals surface area contributed by atoms with Crippen molar-refractivity contribution in [1.82, 2.24) is 4.98 Å². The molecule has 0 aliphatic rings. The molecule has 0 amide bonds. The zero-order chi connectivity index (χ0) is 14.8. The minimum atomic E-state index is -0.398. The van der Waals surface area contributed by atoms with Crippen LogP contribution in [-0.2, 0) is 11.2 Å². The molecule has 3 aromatic rings. The molecule has 4 nitrogen and oxygen atoms in total. The first-order valence-corrected chi connectivity index (χ1v) is 7.18. The fourth-order valence-corrected chi connectivity index (χ4v) is 2.65. The van der Waals surface area contributed by atoms with Crippen LogP contribution >= 0.6 is 15.9 Å². The zero-order valence-electron chi connectivity index (χ0n) is 11.3. The van der Waals surface area contributed by atoms with Gasteiger partial charge in [0.25, 0.3) is 0 Å². The molecule has 0 atom stereocenters. The topological polar surface area (TPSA) is 52.3 Å². The zero-order valence-corrected chi connectivity index (χ0v) is 12.9. The lowest BCUT2D eigenvalue weighted by molar-refractivity contribution is 0.0601. The SMILES string of the molecule is COC(=O)c1cc(Br)c2oc(Cc3ccccc3)nc2c1. The van der Waals surface area contributed by atoms with Gasteiger partial charge in [-0.15, -0.1) is 0 Å². The highest BCUT2D eigenvalue weighted by Crippen LogP contribution is 2.27. The highest BCUT2D eigenvalue weighted by Gasteiger charge is 2.14. The van der Waals surface area contributed by atoms with Crippen molar-refractivity contribution in [2.45, 2.75) is 6.42 Å². The van der Waals surface area contributed by atoms with E-state index in [1.807, 2.05) is 30.3 Å². The maximum atomic E-state index is 11.6. The van der Waals surface area contributed by atoms with Gasteiger partial charge >= 0.3 is 5.97 Å². The van der Waals surface area contributed by atoms with E-state index in [0.717, 1.165) is 5.56 Å². The van der Waals surface area contributed by atoms with Crippen LogP contribution in [0.25, 0.3) is 11.1 Å². The number of nitrogens with zero attached hydrogens (tertiary/aromatic N) is 1. The molecule has 0 spiro atoms. The van der Waals surface area contributed by atoms with E-state index in [2.05, 4.69) is 20.9 Å². The average molecular weight is 346 g/mol. The van der Waals surface area contributed by atoms with Gasteiger partial charge in [0.2, 0.25) is 0 Å². The lowest BCUT2D eigenvalue weighted by Gasteiger charge is -1.99. The Hall–Kier alpha value is -2.14. The number of carbonyl (C=O) groups excluding carboxylic acids is 1. The number of halogens is 1. The summed E-state index contributed by atoms with van der Waals surface area (Å²) < 4.78 is 11.2. The van der Waals surface area contributed by atoms with Crippen molar-refractivity contribution in [1.29, 1.82) is 0 Å². The Morgan fingerprint density at radius 1 is 1.29 bits per heavy atom. The number of ether oxygens (including phenoxy) is 1. The van der Waals surface area contributed by atoms with E-state index in [-0.39, 0.29) is 0 Å².